The molecule has 0 amide bonds. The third-order valence-electron chi connectivity index (χ3n) is 8.88. The van der Waals surface area contributed by atoms with Crippen molar-refractivity contribution in [3.63, 3.8) is 0 Å². The molecule has 0 saturated heterocycles. The smallest absolute Gasteiger partial charge is 0.330 e. The summed E-state index contributed by atoms with van der Waals surface area (Å²) < 4.78 is 22.2. The van der Waals surface area contributed by atoms with Gasteiger partial charge in [0.2, 0.25) is 0 Å². The third kappa shape index (κ3) is 4.12. The number of fused-ring (bicyclic) bond motifs is 1. The van der Waals surface area contributed by atoms with Crippen LogP contribution in [0, 0.1) is 22.7 Å². The molecule has 0 N–H and O–H groups in total. The number of cyclic esters (lactones) is 1. The summed E-state index contributed by atoms with van der Waals surface area (Å²) in [4.78, 5) is 37.4. The summed E-state index contributed by atoms with van der Waals surface area (Å²) in [5, 5.41) is 0. The molecule has 6 atom stereocenters. The summed E-state index contributed by atoms with van der Waals surface area (Å²) in [6.45, 7) is 13.8. The molecule has 0 spiro atoms. The number of hydrogen-bond donors (Lipinski definition) is 0. The first kappa shape index (κ1) is 26.0. The minimum absolute atomic E-state index is 0.0631. The summed E-state index contributed by atoms with van der Waals surface area (Å²) >= 11 is 0. The van der Waals surface area contributed by atoms with Crippen LogP contribution < -0.4 is 0 Å². The maximum atomic E-state index is 12.5. The number of ether oxygens (including phenoxy) is 3. The van der Waals surface area contributed by atoms with Crippen molar-refractivity contribution in [1.82, 2.24) is 0 Å². The van der Waals surface area contributed by atoms with Crippen LogP contribution in [0.15, 0.2) is 59.0 Å². The van der Waals surface area contributed by atoms with E-state index in [0.717, 1.165) is 23.1 Å². The van der Waals surface area contributed by atoms with Gasteiger partial charge < -0.3 is 18.6 Å². The van der Waals surface area contributed by atoms with Crippen LogP contribution in [0.2, 0.25) is 0 Å². The van der Waals surface area contributed by atoms with Gasteiger partial charge in [-0.3, -0.25) is 9.59 Å². The molecule has 3 aliphatic rings. The standard InChI is InChI=1S/C29H36O7/c1-17-20-8-9-21(19-11-13-34-16-19)29(20,6)24(35-18(2)30)14-22(17)28(5)12-10-25(31)36-27(3,4)23(28)15-26(32)33-7/h8,10-13,16,21-24H,1,9,14-15H2,2-7H3/t21-,22?,23-,24-,28+,29+/m1/s1. The van der Waals surface area contributed by atoms with E-state index in [9.17, 15) is 14.4 Å². The minimum Gasteiger partial charge on any atom is -0.472 e. The van der Waals surface area contributed by atoms with Crippen molar-refractivity contribution in [3.8, 4) is 0 Å². The van der Waals surface area contributed by atoms with E-state index in [4.69, 9.17) is 18.6 Å². The Balaban J connectivity index is 1.82. The number of rotatable bonds is 5. The summed E-state index contributed by atoms with van der Waals surface area (Å²) in [5.74, 6) is -1.75. The summed E-state index contributed by atoms with van der Waals surface area (Å²) in [7, 11) is 1.35. The van der Waals surface area contributed by atoms with Gasteiger partial charge in [-0.25, -0.2) is 4.79 Å². The Kier molecular flexibility index (Phi) is 6.56. The lowest BCUT2D eigenvalue weighted by Crippen LogP contribution is -2.53. The van der Waals surface area contributed by atoms with Crippen LogP contribution >= 0.6 is 0 Å². The first-order chi connectivity index (χ1) is 16.8. The van der Waals surface area contributed by atoms with E-state index in [0.29, 0.717) is 6.42 Å². The van der Waals surface area contributed by atoms with Gasteiger partial charge in [0.1, 0.15) is 11.7 Å². The van der Waals surface area contributed by atoms with Crippen molar-refractivity contribution in [2.24, 2.45) is 22.7 Å². The normalized spacial score (nSPS) is 35.3. The van der Waals surface area contributed by atoms with E-state index < -0.39 is 34.4 Å². The van der Waals surface area contributed by atoms with Crippen LogP contribution in [0.3, 0.4) is 0 Å². The van der Waals surface area contributed by atoms with Gasteiger partial charge in [0, 0.05) is 35.7 Å². The molecular formula is C29H36O7. The second kappa shape index (κ2) is 9.09. The van der Waals surface area contributed by atoms with Gasteiger partial charge >= 0.3 is 17.9 Å². The van der Waals surface area contributed by atoms with Crippen molar-refractivity contribution >= 4 is 17.9 Å². The SMILES string of the molecule is C=C1C2=CC[C@H](c3ccoc3)[C@@]2(C)[C@H](OC(C)=O)CC1[C@]1(C)C=CC(=O)OC(C)(C)[C@H]1CC(=O)OC. The zero-order valence-electron chi connectivity index (χ0n) is 22.0. The molecule has 1 fully saturated rings. The number of carbonyl (C=O) groups is 3. The molecular weight excluding hydrogens is 460 g/mol. The average Bonchev–Trinajstić information content (AvgIpc) is 3.43. The molecule has 7 heteroatoms. The molecule has 0 radical (unpaired) electrons. The Bertz CT molecular complexity index is 1120. The topological polar surface area (TPSA) is 92.0 Å². The second-order valence-corrected chi connectivity index (χ2v) is 11.2. The number of carbonyl (C=O) groups excluding carboxylic acids is 3. The number of furan rings is 1. The predicted octanol–water partition coefficient (Wildman–Crippen LogP) is 5.28. The van der Waals surface area contributed by atoms with Crippen LogP contribution in [0.5, 0.6) is 0 Å². The van der Waals surface area contributed by atoms with Crippen LogP contribution in [-0.4, -0.2) is 36.7 Å². The minimum atomic E-state index is -0.954. The molecule has 4 rings (SSSR count). The van der Waals surface area contributed by atoms with Crippen LogP contribution in [0.25, 0.3) is 0 Å². The molecule has 2 heterocycles. The molecule has 1 saturated carbocycles. The van der Waals surface area contributed by atoms with Crippen molar-refractivity contribution in [3.05, 3.63) is 60.1 Å². The monoisotopic (exact) mass is 496 g/mol. The van der Waals surface area contributed by atoms with Gasteiger partial charge in [-0.2, -0.15) is 0 Å². The molecule has 1 aromatic heterocycles. The van der Waals surface area contributed by atoms with Gasteiger partial charge in [0.05, 0.1) is 26.1 Å². The van der Waals surface area contributed by atoms with E-state index in [1.165, 1.54) is 20.1 Å². The highest BCUT2D eigenvalue weighted by Gasteiger charge is 2.60. The van der Waals surface area contributed by atoms with Gasteiger partial charge in [-0.1, -0.05) is 32.6 Å². The lowest BCUT2D eigenvalue weighted by atomic mass is 9.51. The zero-order valence-corrected chi connectivity index (χ0v) is 22.0. The fourth-order valence-corrected chi connectivity index (χ4v) is 7.06. The van der Waals surface area contributed by atoms with Crippen molar-refractivity contribution in [1.29, 1.82) is 0 Å². The third-order valence-corrected chi connectivity index (χ3v) is 8.88. The van der Waals surface area contributed by atoms with Gasteiger partial charge in [0.15, 0.2) is 0 Å². The first-order valence-corrected chi connectivity index (χ1v) is 12.4. The Labute approximate surface area is 212 Å². The number of methoxy groups -OCH3 is 1. The fraction of sp³-hybridized carbons (Fsp3) is 0.552. The Hall–Kier alpha value is -3.09. The molecule has 0 bridgehead atoms. The zero-order chi connectivity index (χ0) is 26.5. The van der Waals surface area contributed by atoms with E-state index in [-0.39, 0.29) is 30.2 Å². The van der Waals surface area contributed by atoms with Crippen molar-refractivity contribution < 1.29 is 33.0 Å². The van der Waals surface area contributed by atoms with Crippen LogP contribution in [0.4, 0.5) is 0 Å². The Morgan fingerprint density at radius 2 is 1.92 bits per heavy atom. The van der Waals surface area contributed by atoms with Crippen molar-refractivity contribution in [2.45, 2.75) is 71.5 Å². The van der Waals surface area contributed by atoms with E-state index in [1.54, 1.807) is 12.5 Å². The van der Waals surface area contributed by atoms with Crippen molar-refractivity contribution in [2.75, 3.05) is 7.11 Å². The lowest BCUT2D eigenvalue weighted by molar-refractivity contribution is -0.167. The highest BCUT2D eigenvalue weighted by Crippen LogP contribution is 2.64. The average molecular weight is 497 g/mol. The molecule has 2 aliphatic carbocycles. The molecule has 0 aromatic carbocycles. The molecule has 1 aliphatic heterocycles. The molecule has 7 nitrogen and oxygen atoms in total. The van der Waals surface area contributed by atoms with E-state index in [2.05, 4.69) is 19.6 Å². The molecule has 194 valence electrons. The van der Waals surface area contributed by atoms with E-state index >= 15 is 0 Å². The molecule has 1 unspecified atom stereocenters. The number of hydrogen-bond acceptors (Lipinski definition) is 7. The molecule has 36 heavy (non-hydrogen) atoms. The Morgan fingerprint density at radius 3 is 2.53 bits per heavy atom. The maximum Gasteiger partial charge on any atom is 0.330 e. The quantitative estimate of drug-likeness (QED) is 0.404. The largest absolute Gasteiger partial charge is 0.472 e. The van der Waals surface area contributed by atoms with E-state index in [1.807, 2.05) is 32.9 Å². The highest BCUT2D eigenvalue weighted by atomic mass is 16.6. The van der Waals surface area contributed by atoms with Gasteiger partial charge in [-0.15, -0.1) is 0 Å². The fourth-order valence-electron chi connectivity index (χ4n) is 7.06. The van der Waals surface area contributed by atoms with Gasteiger partial charge in [-0.05, 0) is 55.4 Å². The number of esters is 3. The maximum absolute atomic E-state index is 12.5. The summed E-state index contributed by atoms with van der Waals surface area (Å²) in [6, 6.07) is 1.96. The highest BCUT2D eigenvalue weighted by molar-refractivity contribution is 5.83. The van der Waals surface area contributed by atoms with Crippen LogP contribution in [0.1, 0.15) is 65.4 Å². The summed E-state index contributed by atoms with van der Waals surface area (Å²) in [5.41, 5.74) is 0.876. The Morgan fingerprint density at radius 1 is 1.19 bits per heavy atom. The second-order valence-electron chi connectivity index (χ2n) is 11.2. The van der Waals surface area contributed by atoms with Gasteiger partial charge in [0.25, 0.3) is 0 Å². The summed E-state index contributed by atoms with van der Waals surface area (Å²) in [6.07, 6.45) is 9.77. The molecule has 1 aromatic rings. The number of allylic oxidation sites excluding steroid dienone is 3. The predicted molar refractivity (Wildman–Crippen MR) is 133 cm³/mol. The lowest BCUT2D eigenvalue weighted by Gasteiger charge is -2.54. The van der Waals surface area contributed by atoms with Crippen LogP contribution in [-0.2, 0) is 28.6 Å². The first-order valence-electron chi connectivity index (χ1n) is 12.4.